The zero-order valence-electron chi connectivity index (χ0n) is 9.31. The molecule has 4 heteroatoms. The fraction of sp³-hybridized carbons (Fsp3) is 0.250. The van der Waals surface area contributed by atoms with Crippen molar-refractivity contribution >= 4 is 11.6 Å². The second-order valence-electron chi connectivity index (χ2n) is 3.86. The van der Waals surface area contributed by atoms with Crippen LogP contribution in [0.4, 0.5) is 0 Å². The van der Waals surface area contributed by atoms with Gasteiger partial charge in [0.05, 0.1) is 11.9 Å². The monoisotopic (exact) mass is 235 g/mol. The van der Waals surface area contributed by atoms with Crippen LogP contribution in [0.5, 0.6) is 0 Å². The molecule has 2 aromatic rings. The van der Waals surface area contributed by atoms with E-state index in [4.69, 9.17) is 17.3 Å². The topological polar surface area (TPSA) is 43.8 Å². The molecule has 0 aliphatic rings. The number of hydrogen-bond acceptors (Lipinski definition) is 2. The summed E-state index contributed by atoms with van der Waals surface area (Å²) in [4.78, 5) is 0. The molecule has 1 aromatic carbocycles. The summed E-state index contributed by atoms with van der Waals surface area (Å²) in [5, 5.41) is 5.05. The Kier molecular flexibility index (Phi) is 2.99. The zero-order valence-corrected chi connectivity index (χ0v) is 10.1. The van der Waals surface area contributed by atoms with E-state index in [0.29, 0.717) is 0 Å². The van der Waals surface area contributed by atoms with Gasteiger partial charge in [0.25, 0.3) is 0 Å². The quantitative estimate of drug-likeness (QED) is 0.870. The van der Waals surface area contributed by atoms with E-state index >= 15 is 0 Å². The molecule has 0 saturated carbocycles. The van der Waals surface area contributed by atoms with Crippen molar-refractivity contribution in [2.75, 3.05) is 0 Å². The third-order valence-electron chi connectivity index (χ3n) is 2.61. The summed E-state index contributed by atoms with van der Waals surface area (Å²) < 4.78 is 1.87. The van der Waals surface area contributed by atoms with E-state index in [-0.39, 0.29) is 6.04 Å². The molecule has 0 unspecified atom stereocenters. The lowest BCUT2D eigenvalue weighted by atomic mass is 10.1. The Hall–Kier alpha value is -1.32. The Morgan fingerprint density at radius 1 is 1.31 bits per heavy atom. The highest BCUT2D eigenvalue weighted by atomic mass is 35.5. The standard InChI is InChI=1S/C12H14ClN3/c1-8(14)12-7-15-16(9(12)2)11-5-3-10(13)4-6-11/h3-8H,14H2,1-2H3/t8-/m0/s1. The predicted molar refractivity (Wildman–Crippen MR) is 65.9 cm³/mol. The molecule has 0 aliphatic heterocycles. The number of nitrogens with zero attached hydrogens (tertiary/aromatic N) is 2. The number of aromatic nitrogens is 2. The van der Waals surface area contributed by atoms with Crippen LogP contribution < -0.4 is 5.73 Å². The van der Waals surface area contributed by atoms with E-state index in [1.54, 1.807) is 0 Å². The summed E-state index contributed by atoms with van der Waals surface area (Å²) >= 11 is 5.84. The maximum atomic E-state index is 5.86. The summed E-state index contributed by atoms with van der Waals surface area (Å²) in [5.74, 6) is 0. The fourth-order valence-corrected chi connectivity index (χ4v) is 1.84. The Bertz CT molecular complexity index is 485. The van der Waals surface area contributed by atoms with E-state index in [2.05, 4.69) is 5.10 Å². The molecule has 0 spiro atoms. The van der Waals surface area contributed by atoms with E-state index in [9.17, 15) is 0 Å². The molecular weight excluding hydrogens is 222 g/mol. The van der Waals surface area contributed by atoms with Crippen LogP contribution in [0.1, 0.15) is 24.2 Å². The SMILES string of the molecule is Cc1c([C@H](C)N)cnn1-c1ccc(Cl)cc1. The zero-order chi connectivity index (χ0) is 11.7. The van der Waals surface area contributed by atoms with Gasteiger partial charge in [-0.15, -0.1) is 0 Å². The first-order valence-electron chi connectivity index (χ1n) is 5.15. The lowest BCUT2D eigenvalue weighted by Crippen LogP contribution is -2.06. The van der Waals surface area contributed by atoms with Gasteiger partial charge in [-0.25, -0.2) is 4.68 Å². The average molecular weight is 236 g/mol. The Balaban J connectivity index is 2.45. The first-order valence-corrected chi connectivity index (χ1v) is 5.53. The van der Waals surface area contributed by atoms with Crippen LogP contribution >= 0.6 is 11.6 Å². The maximum absolute atomic E-state index is 5.86. The summed E-state index contributed by atoms with van der Waals surface area (Å²) in [6.07, 6.45) is 1.81. The number of halogens is 1. The highest BCUT2D eigenvalue weighted by molar-refractivity contribution is 6.30. The molecule has 0 fully saturated rings. The second-order valence-corrected chi connectivity index (χ2v) is 4.30. The normalized spacial score (nSPS) is 12.8. The molecule has 3 nitrogen and oxygen atoms in total. The lowest BCUT2D eigenvalue weighted by molar-refractivity contribution is 0.797. The van der Waals surface area contributed by atoms with Crippen molar-refractivity contribution in [2.24, 2.45) is 5.73 Å². The summed E-state index contributed by atoms with van der Waals surface area (Å²) in [6.45, 7) is 3.97. The van der Waals surface area contributed by atoms with Gasteiger partial charge in [-0.3, -0.25) is 0 Å². The smallest absolute Gasteiger partial charge is 0.0649 e. The first kappa shape index (κ1) is 11.2. The number of hydrogen-bond donors (Lipinski definition) is 1. The molecule has 0 bridgehead atoms. The Morgan fingerprint density at radius 2 is 1.94 bits per heavy atom. The van der Waals surface area contributed by atoms with Gasteiger partial charge in [-0.05, 0) is 38.1 Å². The van der Waals surface area contributed by atoms with E-state index in [1.165, 1.54) is 0 Å². The van der Waals surface area contributed by atoms with Gasteiger partial charge >= 0.3 is 0 Å². The molecule has 0 aliphatic carbocycles. The molecule has 1 atom stereocenters. The average Bonchev–Trinajstić information content (AvgIpc) is 2.61. The van der Waals surface area contributed by atoms with Crippen LogP contribution in [0.25, 0.3) is 5.69 Å². The third-order valence-corrected chi connectivity index (χ3v) is 2.86. The molecule has 2 rings (SSSR count). The molecule has 0 saturated heterocycles. The Labute approximate surface area is 99.8 Å². The highest BCUT2D eigenvalue weighted by Gasteiger charge is 2.10. The predicted octanol–water partition coefficient (Wildman–Crippen LogP) is 2.85. The second kappa shape index (κ2) is 4.28. The molecule has 84 valence electrons. The van der Waals surface area contributed by atoms with E-state index < -0.39 is 0 Å². The molecule has 0 radical (unpaired) electrons. The van der Waals surface area contributed by atoms with Crippen molar-refractivity contribution < 1.29 is 0 Å². The number of nitrogens with two attached hydrogens (primary N) is 1. The maximum Gasteiger partial charge on any atom is 0.0649 e. The van der Waals surface area contributed by atoms with Gasteiger partial charge in [0.15, 0.2) is 0 Å². The van der Waals surface area contributed by atoms with Crippen molar-refractivity contribution in [1.82, 2.24) is 9.78 Å². The summed E-state index contributed by atoms with van der Waals surface area (Å²) in [5.41, 5.74) is 8.98. The lowest BCUT2D eigenvalue weighted by Gasteiger charge is -2.07. The number of rotatable bonds is 2. The summed E-state index contributed by atoms with van der Waals surface area (Å²) in [7, 11) is 0. The van der Waals surface area contributed by atoms with Crippen molar-refractivity contribution in [3.63, 3.8) is 0 Å². The highest BCUT2D eigenvalue weighted by Crippen LogP contribution is 2.19. The van der Waals surface area contributed by atoms with Crippen LogP contribution in [-0.4, -0.2) is 9.78 Å². The van der Waals surface area contributed by atoms with Crippen LogP contribution in [0.3, 0.4) is 0 Å². The van der Waals surface area contributed by atoms with Gasteiger partial charge in [-0.2, -0.15) is 5.10 Å². The van der Waals surface area contributed by atoms with Gasteiger partial charge in [0.1, 0.15) is 0 Å². The molecule has 1 aromatic heterocycles. The van der Waals surface area contributed by atoms with E-state index in [1.807, 2.05) is 49.0 Å². The summed E-state index contributed by atoms with van der Waals surface area (Å²) in [6, 6.07) is 7.58. The minimum Gasteiger partial charge on any atom is -0.324 e. The van der Waals surface area contributed by atoms with Crippen LogP contribution in [-0.2, 0) is 0 Å². The molecule has 0 amide bonds. The minimum atomic E-state index is 0.000972. The first-order chi connectivity index (χ1) is 7.59. The van der Waals surface area contributed by atoms with Gasteiger partial charge in [0, 0.05) is 22.3 Å². The van der Waals surface area contributed by atoms with Crippen LogP contribution in [0, 0.1) is 6.92 Å². The van der Waals surface area contributed by atoms with Crippen molar-refractivity contribution in [3.8, 4) is 5.69 Å². The third kappa shape index (κ3) is 1.96. The van der Waals surface area contributed by atoms with E-state index in [0.717, 1.165) is 22.0 Å². The fourth-order valence-electron chi connectivity index (χ4n) is 1.71. The minimum absolute atomic E-state index is 0.000972. The van der Waals surface area contributed by atoms with Gasteiger partial charge in [0.2, 0.25) is 0 Å². The Morgan fingerprint density at radius 3 is 2.44 bits per heavy atom. The van der Waals surface area contributed by atoms with Crippen molar-refractivity contribution in [2.45, 2.75) is 19.9 Å². The van der Waals surface area contributed by atoms with Crippen LogP contribution in [0.2, 0.25) is 5.02 Å². The molecular formula is C12H14ClN3. The number of benzene rings is 1. The molecule has 1 heterocycles. The van der Waals surface area contributed by atoms with Gasteiger partial charge < -0.3 is 5.73 Å². The van der Waals surface area contributed by atoms with Gasteiger partial charge in [-0.1, -0.05) is 11.6 Å². The van der Waals surface area contributed by atoms with Crippen LogP contribution in [0.15, 0.2) is 30.5 Å². The van der Waals surface area contributed by atoms with Crippen molar-refractivity contribution in [3.05, 3.63) is 46.7 Å². The largest absolute Gasteiger partial charge is 0.324 e. The molecule has 16 heavy (non-hydrogen) atoms. The van der Waals surface area contributed by atoms with Crippen molar-refractivity contribution in [1.29, 1.82) is 0 Å². The molecule has 2 N–H and O–H groups in total.